The Bertz CT molecular complexity index is 940. The van der Waals surface area contributed by atoms with Gasteiger partial charge in [-0.1, -0.05) is 36.0 Å². The summed E-state index contributed by atoms with van der Waals surface area (Å²) in [6.45, 7) is 4.24. The first-order valence-electron chi connectivity index (χ1n) is 11.1. The summed E-state index contributed by atoms with van der Waals surface area (Å²) in [5.74, 6) is 0.250. The highest BCUT2D eigenvalue weighted by Crippen LogP contribution is 2.45. The van der Waals surface area contributed by atoms with E-state index in [1.807, 2.05) is 0 Å². The lowest BCUT2D eigenvalue weighted by Gasteiger charge is -2.23. The van der Waals surface area contributed by atoms with Crippen molar-refractivity contribution < 1.29 is 41.1 Å². The van der Waals surface area contributed by atoms with Crippen molar-refractivity contribution in [2.24, 2.45) is 0 Å². The fourth-order valence-electron chi connectivity index (χ4n) is 3.03. The maximum atomic E-state index is 13.0. The van der Waals surface area contributed by atoms with E-state index in [2.05, 4.69) is 5.32 Å². The van der Waals surface area contributed by atoms with Crippen LogP contribution in [0.5, 0.6) is 5.75 Å². The quantitative estimate of drug-likeness (QED) is 0.226. The van der Waals surface area contributed by atoms with Crippen molar-refractivity contribution in [3.8, 4) is 5.75 Å². The fourth-order valence-corrected chi connectivity index (χ4v) is 4.70. The van der Waals surface area contributed by atoms with Gasteiger partial charge in [0.05, 0.1) is 24.0 Å². The molecule has 0 saturated carbocycles. The zero-order chi connectivity index (χ0) is 26.6. The molecule has 7 nitrogen and oxygen atoms in total. The number of carbonyl (C=O) groups excluding carboxylic acids is 2. The number of hydrogen-bond donors (Lipinski definition) is 1. The summed E-state index contributed by atoms with van der Waals surface area (Å²) in [6, 6.07) is 11.6. The second-order valence-electron chi connectivity index (χ2n) is 7.27. The zero-order valence-corrected chi connectivity index (χ0v) is 21.8. The Morgan fingerprint density at radius 3 is 2.17 bits per heavy atom. The molecule has 12 heteroatoms. The van der Waals surface area contributed by atoms with Crippen molar-refractivity contribution in [2.75, 3.05) is 26.9 Å². The molecule has 198 valence electrons. The number of hydrogen-bond acceptors (Lipinski definition) is 7. The van der Waals surface area contributed by atoms with E-state index in [9.17, 15) is 22.8 Å². The van der Waals surface area contributed by atoms with Crippen molar-refractivity contribution in [3.05, 3.63) is 65.2 Å². The van der Waals surface area contributed by atoms with E-state index >= 15 is 0 Å². The first-order chi connectivity index (χ1) is 17.2. The number of amides is 1. The second-order valence-corrected chi connectivity index (χ2v) is 9.48. The van der Waals surface area contributed by atoms with E-state index in [1.54, 1.807) is 38.1 Å². The molecule has 2 rings (SSSR count). The molecule has 0 spiro atoms. The zero-order valence-electron chi connectivity index (χ0n) is 20.1. The molecular formula is C24H29F3NO6PS. The lowest BCUT2D eigenvalue weighted by molar-refractivity contribution is -0.137. The van der Waals surface area contributed by atoms with Crippen molar-refractivity contribution >= 4 is 31.9 Å². The van der Waals surface area contributed by atoms with Gasteiger partial charge in [-0.25, -0.2) is 0 Å². The Kier molecular flexibility index (Phi) is 12.7. The number of carbonyl (C=O) groups is 2. The lowest BCUT2D eigenvalue weighted by Crippen LogP contribution is -2.31. The summed E-state index contributed by atoms with van der Waals surface area (Å²) in [7, 11) is -0.223. The average molecular weight is 548 g/mol. The fraction of sp³-hybridized carbons (Fsp3) is 0.417. The van der Waals surface area contributed by atoms with Crippen molar-refractivity contribution in [1.29, 1.82) is 0 Å². The molecule has 2 unspecified atom stereocenters. The highest BCUT2D eigenvalue weighted by molar-refractivity contribution is 8.13. The number of alkyl halides is 3. The van der Waals surface area contributed by atoms with E-state index in [0.717, 1.165) is 29.5 Å². The van der Waals surface area contributed by atoms with Gasteiger partial charge in [-0.3, -0.25) is 9.59 Å². The van der Waals surface area contributed by atoms with E-state index in [4.69, 9.17) is 18.3 Å². The Labute approximate surface area is 214 Å². The number of halogens is 3. The van der Waals surface area contributed by atoms with Gasteiger partial charge in [-0.2, -0.15) is 13.2 Å². The number of ether oxygens (including phenoxy) is 1. The molecule has 2 aromatic rings. The molecule has 1 amide bonds. The molecule has 0 saturated heterocycles. The number of rotatable bonds is 15. The highest BCUT2D eigenvalue weighted by atomic mass is 32.2. The summed E-state index contributed by atoms with van der Waals surface area (Å²) >= 11 is 0.903. The predicted molar refractivity (Wildman–Crippen MR) is 133 cm³/mol. The van der Waals surface area contributed by atoms with Crippen LogP contribution in [0.3, 0.4) is 0 Å². The van der Waals surface area contributed by atoms with Crippen molar-refractivity contribution in [2.45, 2.75) is 37.8 Å². The number of thioether (sulfide) groups is 1. The molecule has 2 aromatic carbocycles. The van der Waals surface area contributed by atoms with Crippen molar-refractivity contribution in [1.82, 2.24) is 5.32 Å². The van der Waals surface area contributed by atoms with Crippen LogP contribution in [0.1, 0.15) is 36.6 Å². The molecule has 0 aliphatic rings. The molecule has 0 fully saturated rings. The molecule has 0 radical (unpaired) electrons. The molecule has 0 bridgehead atoms. The Morgan fingerprint density at radius 2 is 1.67 bits per heavy atom. The van der Waals surface area contributed by atoms with Gasteiger partial charge < -0.3 is 23.6 Å². The van der Waals surface area contributed by atoms with Crippen LogP contribution in [-0.4, -0.2) is 43.6 Å². The van der Waals surface area contributed by atoms with E-state index in [-0.39, 0.29) is 12.5 Å². The Balaban J connectivity index is 2.14. The van der Waals surface area contributed by atoms with E-state index in [0.29, 0.717) is 36.6 Å². The number of benzene rings is 2. The van der Waals surface area contributed by atoms with Gasteiger partial charge in [0.15, 0.2) is 5.62 Å². The Hall–Kier alpha value is -2.17. The summed E-state index contributed by atoms with van der Waals surface area (Å²) in [5.41, 5.74) is 1.18. The van der Waals surface area contributed by atoms with Gasteiger partial charge in [0.1, 0.15) is 18.5 Å². The summed E-state index contributed by atoms with van der Waals surface area (Å²) in [6.07, 6.45) is -4.84. The molecular weight excluding hydrogens is 518 g/mol. The van der Waals surface area contributed by atoms with Gasteiger partial charge in [0.2, 0.25) is 5.91 Å². The maximum Gasteiger partial charge on any atom is 0.416 e. The molecule has 0 heterocycles. The minimum absolute atomic E-state index is 0.00838. The largest absolute Gasteiger partial charge is 0.491 e. The predicted octanol–water partition coefficient (Wildman–Crippen LogP) is 5.72. The molecule has 36 heavy (non-hydrogen) atoms. The van der Waals surface area contributed by atoms with Crippen LogP contribution in [0, 0.1) is 0 Å². The van der Waals surface area contributed by atoms with Crippen LogP contribution in [0.15, 0.2) is 48.5 Å². The van der Waals surface area contributed by atoms with E-state index < -0.39 is 31.7 Å². The van der Waals surface area contributed by atoms with Crippen LogP contribution in [0.4, 0.5) is 13.2 Å². The third kappa shape index (κ3) is 9.71. The molecule has 0 aliphatic carbocycles. The molecule has 2 atom stereocenters. The molecule has 1 N–H and O–H groups in total. The molecule has 0 aromatic heterocycles. The smallest absolute Gasteiger partial charge is 0.416 e. The van der Waals surface area contributed by atoms with Crippen LogP contribution in [-0.2, 0) is 35.8 Å². The molecule has 0 aliphatic heterocycles. The first kappa shape index (κ1) is 30.1. The van der Waals surface area contributed by atoms with E-state index in [1.165, 1.54) is 19.2 Å². The van der Waals surface area contributed by atoms with Gasteiger partial charge in [-0.15, -0.1) is 0 Å². The minimum Gasteiger partial charge on any atom is -0.491 e. The first-order valence-corrected chi connectivity index (χ1v) is 13.2. The third-order valence-corrected chi connectivity index (χ3v) is 6.98. The van der Waals surface area contributed by atoms with Crippen LogP contribution in [0.2, 0.25) is 0 Å². The van der Waals surface area contributed by atoms with Gasteiger partial charge in [0, 0.05) is 7.05 Å². The third-order valence-electron chi connectivity index (χ3n) is 4.80. The van der Waals surface area contributed by atoms with Crippen LogP contribution in [0.25, 0.3) is 0 Å². The Morgan fingerprint density at radius 1 is 1.06 bits per heavy atom. The maximum absolute atomic E-state index is 13.0. The second kappa shape index (κ2) is 15.2. The normalized spacial score (nSPS) is 13.3. The summed E-state index contributed by atoms with van der Waals surface area (Å²) in [4.78, 5) is 22.8. The highest BCUT2D eigenvalue weighted by Gasteiger charge is 2.31. The van der Waals surface area contributed by atoms with Crippen molar-refractivity contribution in [3.63, 3.8) is 0 Å². The standard InChI is InChI=1S/C24H29F3NO6PS/c1-4-32-35(33-5-2)34-21(18-8-10-19(11-9-18)24(25,26)27)15-31-20-12-6-17(7-13-20)14-22(36-16-29)23(30)28-3/h6-13,16,21-22H,4-5,14-15H2,1-3H3,(H,28,30). The minimum atomic E-state index is -4.45. The topological polar surface area (TPSA) is 83.1 Å². The van der Waals surface area contributed by atoms with Crippen LogP contribution < -0.4 is 10.1 Å². The SMILES string of the molecule is CCOP(OCC)OC(COc1ccc(CC(SC=O)C(=O)NC)cc1)c1ccc(C(F)(F)F)cc1. The number of nitrogens with one attached hydrogen (secondary N) is 1. The van der Waals surface area contributed by atoms with Gasteiger partial charge in [0.25, 0.3) is 0 Å². The van der Waals surface area contributed by atoms with Gasteiger partial charge >= 0.3 is 14.8 Å². The monoisotopic (exact) mass is 547 g/mol. The summed E-state index contributed by atoms with van der Waals surface area (Å²) in [5, 5.41) is 1.99. The van der Waals surface area contributed by atoms with Crippen LogP contribution >= 0.6 is 20.4 Å². The average Bonchev–Trinajstić information content (AvgIpc) is 2.86. The van der Waals surface area contributed by atoms with Gasteiger partial charge in [-0.05, 0) is 55.7 Å². The summed E-state index contributed by atoms with van der Waals surface area (Å²) < 4.78 is 61.7. The lowest BCUT2D eigenvalue weighted by atomic mass is 10.1.